The fourth-order valence-electron chi connectivity index (χ4n) is 4.30. The largest absolute Gasteiger partial charge is 0.497 e. The van der Waals surface area contributed by atoms with Crippen LogP contribution < -0.4 is 10.2 Å². The molecule has 29 heavy (non-hydrogen) atoms. The number of ether oxygens (including phenoxy) is 2. The summed E-state index contributed by atoms with van der Waals surface area (Å²) in [5.74, 6) is 0.584. The van der Waals surface area contributed by atoms with Crippen LogP contribution in [0.15, 0.2) is 57.7 Å². The van der Waals surface area contributed by atoms with Crippen LogP contribution in [0.1, 0.15) is 40.6 Å². The molecule has 1 saturated heterocycles. The Morgan fingerprint density at radius 1 is 1.10 bits per heavy atom. The van der Waals surface area contributed by atoms with Crippen molar-refractivity contribution in [3.63, 3.8) is 0 Å². The van der Waals surface area contributed by atoms with Crippen molar-refractivity contribution in [2.45, 2.75) is 25.0 Å². The number of carbonyl (C=O) groups is 1. The lowest BCUT2D eigenvalue weighted by Crippen LogP contribution is -2.36. The van der Waals surface area contributed by atoms with Gasteiger partial charge >= 0.3 is 0 Å². The number of hydrogen-bond donors (Lipinski definition) is 0. The predicted molar refractivity (Wildman–Crippen MR) is 107 cm³/mol. The first kappa shape index (κ1) is 17.9. The van der Waals surface area contributed by atoms with Crippen molar-refractivity contribution in [3.05, 3.63) is 75.6 Å². The standard InChI is InChI=1S/C23H21NO5/c1-27-15-10-8-14(9-11-15)20-19-21(25)17-6-2-3-7-18(17)29-22(19)23(26)24(20)13-16-5-4-12-28-16/h2-3,6-11,16,20H,4-5,12-13H2,1H3/t16-,20-/m1/s1. The Bertz CT molecular complexity index is 1130. The quantitative estimate of drug-likeness (QED) is 0.681. The summed E-state index contributed by atoms with van der Waals surface area (Å²) < 4.78 is 17.0. The summed E-state index contributed by atoms with van der Waals surface area (Å²) in [7, 11) is 1.61. The van der Waals surface area contributed by atoms with Gasteiger partial charge in [-0.25, -0.2) is 0 Å². The minimum absolute atomic E-state index is 0.0291. The molecular weight excluding hydrogens is 370 g/mol. The number of amides is 1. The summed E-state index contributed by atoms with van der Waals surface area (Å²) in [4.78, 5) is 28.4. The van der Waals surface area contributed by atoms with E-state index in [1.165, 1.54) is 0 Å². The third-order valence-electron chi connectivity index (χ3n) is 5.73. The third kappa shape index (κ3) is 2.91. The number of rotatable bonds is 4. The molecule has 6 nitrogen and oxygen atoms in total. The summed E-state index contributed by atoms with van der Waals surface area (Å²) in [6, 6.07) is 14.0. The van der Waals surface area contributed by atoms with Gasteiger partial charge in [0.1, 0.15) is 11.3 Å². The molecule has 1 fully saturated rings. The highest BCUT2D eigenvalue weighted by atomic mass is 16.5. The zero-order valence-corrected chi connectivity index (χ0v) is 16.1. The Labute approximate surface area is 167 Å². The second-order valence-electron chi connectivity index (χ2n) is 7.44. The van der Waals surface area contributed by atoms with E-state index in [1.807, 2.05) is 24.3 Å². The molecule has 0 bridgehead atoms. The van der Waals surface area contributed by atoms with E-state index >= 15 is 0 Å². The van der Waals surface area contributed by atoms with Gasteiger partial charge in [-0.15, -0.1) is 0 Å². The van der Waals surface area contributed by atoms with Gasteiger partial charge in [0.05, 0.1) is 30.2 Å². The smallest absolute Gasteiger partial charge is 0.291 e. The molecule has 1 amide bonds. The summed E-state index contributed by atoms with van der Waals surface area (Å²) in [5.41, 5.74) is 1.51. The Morgan fingerprint density at radius 3 is 2.62 bits per heavy atom. The second kappa shape index (κ2) is 7.04. The van der Waals surface area contributed by atoms with E-state index in [9.17, 15) is 9.59 Å². The van der Waals surface area contributed by atoms with Gasteiger partial charge in [-0.3, -0.25) is 9.59 Å². The lowest BCUT2D eigenvalue weighted by atomic mass is 9.98. The minimum atomic E-state index is -0.506. The number of nitrogens with zero attached hydrogens (tertiary/aromatic N) is 1. The van der Waals surface area contributed by atoms with Gasteiger partial charge in [0.2, 0.25) is 5.76 Å². The van der Waals surface area contributed by atoms with Crippen LogP contribution in [0.5, 0.6) is 5.75 Å². The zero-order chi connectivity index (χ0) is 20.0. The molecule has 0 spiro atoms. The van der Waals surface area contributed by atoms with Crippen LogP contribution in [-0.4, -0.2) is 37.2 Å². The molecule has 2 aromatic carbocycles. The Balaban J connectivity index is 1.68. The molecule has 6 heteroatoms. The van der Waals surface area contributed by atoms with Gasteiger partial charge in [0.25, 0.3) is 5.91 Å². The minimum Gasteiger partial charge on any atom is -0.497 e. The van der Waals surface area contributed by atoms with Gasteiger partial charge in [0, 0.05) is 13.2 Å². The molecule has 0 radical (unpaired) electrons. The van der Waals surface area contributed by atoms with Crippen LogP contribution >= 0.6 is 0 Å². The maximum atomic E-state index is 13.4. The lowest BCUT2D eigenvalue weighted by molar-refractivity contribution is 0.0486. The highest BCUT2D eigenvalue weighted by Crippen LogP contribution is 2.39. The zero-order valence-electron chi connectivity index (χ0n) is 16.1. The third-order valence-corrected chi connectivity index (χ3v) is 5.73. The number of para-hydroxylation sites is 1. The van der Waals surface area contributed by atoms with Crippen LogP contribution in [0.25, 0.3) is 11.0 Å². The van der Waals surface area contributed by atoms with Crippen molar-refractivity contribution >= 4 is 16.9 Å². The first-order chi connectivity index (χ1) is 14.2. The topological polar surface area (TPSA) is 69.0 Å². The Hall–Kier alpha value is -3.12. The molecule has 2 atom stereocenters. The average molecular weight is 391 g/mol. The van der Waals surface area contributed by atoms with Crippen molar-refractivity contribution in [2.24, 2.45) is 0 Å². The molecule has 1 aromatic heterocycles. The van der Waals surface area contributed by atoms with Gasteiger partial charge in [-0.05, 0) is 42.7 Å². The van der Waals surface area contributed by atoms with Crippen molar-refractivity contribution in [1.29, 1.82) is 0 Å². The first-order valence-corrected chi connectivity index (χ1v) is 9.79. The fourth-order valence-corrected chi connectivity index (χ4v) is 4.30. The predicted octanol–water partition coefficient (Wildman–Crippen LogP) is 3.53. The van der Waals surface area contributed by atoms with E-state index < -0.39 is 6.04 Å². The molecule has 3 aromatic rings. The van der Waals surface area contributed by atoms with Gasteiger partial charge in [-0.1, -0.05) is 24.3 Å². The Morgan fingerprint density at radius 2 is 1.90 bits per heavy atom. The fraction of sp³-hybridized carbons (Fsp3) is 0.304. The maximum absolute atomic E-state index is 13.4. The van der Waals surface area contributed by atoms with Crippen molar-refractivity contribution in [2.75, 3.05) is 20.3 Å². The maximum Gasteiger partial charge on any atom is 0.291 e. The van der Waals surface area contributed by atoms with Crippen LogP contribution in [0.4, 0.5) is 0 Å². The first-order valence-electron chi connectivity index (χ1n) is 9.79. The van der Waals surface area contributed by atoms with Crippen LogP contribution in [0, 0.1) is 0 Å². The monoisotopic (exact) mass is 391 g/mol. The molecular formula is C23H21NO5. The summed E-state index contributed by atoms with van der Waals surface area (Å²) in [5, 5.41) is 0.483. The Kier molecular flexibility index (Phi) is 4.36. The summed E-state index contributed by atoms with van der Waals surface area (Å²) in [6.45, 7) is 1.13. The van der Waals surface area contributed by atoms with E-state index in [4.69, 9.17) is 13.9 Å². The molecule has 2 aliphatic rings. The van der Waals surface area contributed by atoms with Crippen molar-refractivity contribution < 1.29 is 18.7 Å². The van der Waals surface area contributed by atoms with Crippen LogP contribution in [-0.2, 0) is 4.74 Å². The lowest BCUT2D eigenvalue weighted by Gasteiger charge is -2.27. The molecule has 0 saturated carbocycles. The summed E-state index contributed by atoms with van der Waals surface area (Å²) >= 11 is 0. The van der Waals surface area contributed by atoms with Gasteiger partial charge in [-0.2, -0.15) is 0 Å². The normalized spacial score (nSPS) is 21.0. The molecule has 0 N–H and O–H groups in total. The van der Waals surface area contributed by atoms with Gasteiger partial charge < -0.3 is 18.8 Å². The summed E-state index contributed by atoms with van der Waals surface area (Å²) in [6.07, 6.45) is 1.85. The second-order valence-corrected chi connectivity index (χ2v) is 7.44. The van der Waals surface area contributed by atoms with Crippen molar-refractivity contribution in [1.82, 2.24) is 4.90 Å². The number of methoxy groups -OCH3 is 1. The van der Waals surface area contributed by atoms with E-state index in [0.717, 1.165) is 24.2 Å². The molecule has 2 aliphatic heterocycles. The average Bonchev–Trinajstić information content (AvgIpc) is 3.36. The van der Waals surface area contributed by atoms with E-state index in [-0.39, 0.29) is 23.2 Å². The highest BCUT2D eigenvalue weighted by Gasteiger charge is 2.43. The molecule has 0 unspecified atom stereocenters. The number of fused-ring (bicyclic) bond motifs is 2. The van der Waals surface area contributed by atoms with E-state index in [0.29, 0.717) is 29.7 Å². The van der Waals surface area contributed by atoms with Gasteiger partial charge in [0.15, 0.2) is 5.43 Å². The van der Waals surface area contributed by atoms with E-state index in [2.05, 4.69) is 0 Å². The molecule has 3 heterocycles. The molecule has 5 rings (SSSR count). The van der Waals surface area contributed by atoms with Crippen LogP contribution in [0.2, 0.25) is 0 Å². The van der Waals surface area contributed by atoms with Crippen LogP contribution in [0.3, 0.4) is 0 Å². The number of carbonyl (C=O) groups excluding carboxylic acids is 1. The molecule has 0 aliphatic carbocycles. The number of benzene rings is 2. The number of hydrogen-bond acceptors (Lipinski definition) is 5. The van der Waals surface area contributed by atoms with E-state index in [1.54, 1.807) is 36.3 Å². The van der Waals surface area contributed by atoms with Crippen molar-refractivity contribution in [3.8, 4) is 5.75 Å². The molecule has 148 valence electrons. The highest BCUT2D eigenvalue weighted by molar-refractivity contribution is 5.99. The SMILES string of the molecule is COc1ccc([C@@H]2c3c(oc4ccccc4c3=O)C(=O)N2C[C@H]2CCCO2)cc1.